The van der Waals surface area contributed by atoms with Gasteiger partial charge in [-0.05, 0) is 18.2 Å². The molecule has 26 heavy (non-hydrogen) atoms. The number of nitrogens with one attached hydrogen (secondary N) is 1. The van der Waals surface area contributed by atoms with Gasteiger partial charge in [-0.15, -0.1) is 11.3 Å². The van der Waals surface area contributed by atoms with Crippen molar-refractivity contribution in [1.82, 2.24) is 9.72 Å². The van der Waals surface area contributed by atoms with Crippen LogP contribution in [0.1, 0.15) is 26.3 Å². The highest BCUT2D eigenvalue weighted by Crippen LogP contribution is 2.29. The van der Waals surface area contributed by atoms with Gasteiger partial charge in [0, 0.05) is 12.6 Å². The second kappa shape index (κ2) is 6.24. The minimum absolute atomic E-state index is 0.0483. The lowest BCUT2D eigenvalue weighted by atomic mass is 10.0. The highest BCUT2D eigenvalue weighted by atomic mass is 32.1. The van der Waals surface area contributed by atoms with E-state index in [0.717, 1.165) is 4.70 Å². The number of fused-ring (bicyclic) bond motifs is 3. The fourth-order valence-corrected chi connectivity index (χ4v) is 4.11. The maximum atomic E-state index is 13.1. The number of benzene rings is 2. The SMILES string of the molecule is CNC(=O)c1cc(C(=O)c2ccccc2)c2sc3ccccc3n2c1=O. The number of ketones is 1. The average molecular weight is 362 g/mol. The van der Waals surface area contributed by atoms with Crippen molar-refractivity contribution in [2.75, 3.05) is 7.05 Å². The van der Waals surface area contributed by atoms with Crippen molar-refractivity contribution >= 4 is 38.1 Å². The Morgan fingerprint density at radius 3 is 2.38 bits per heavy atom. The number of hydrogen-bond donors (Lipinski definition) is 1. The Balaban J connectivity index is 2.12. The second-order valence-electron chi connectivity index (χ2n) is 5.76. The van der Waals surface area contributed by atoms with E-state index >= 15 is 0 Å². The summed E-state index contributed by atoms with van der Waals surface area (Å²) in [5.41, 5.74) is 1.06. The summed E-state index contributed by atoms with van der Waals surface area (Å²) in [4.78, 5) is 38.7. The third kappa shape index (κ3) is 2.43. The zero-order valence-electron chi connectivity index (χ0n) is 13.9. The fourth-order valence-electron chi connectivity index (χ4n) is 2.96. The summed E-state index contributed by atoms with van der Waals surface area (Å²) in [6.07, 6.45) is 0. The van der Waals surface area contributed by atoms with Crippen LogP contribution in [-0.2, 0) is 0 Å². The van der Waals surface area contributed by atoms with Gasteiger partial charge >= 0.3 is 0 Å². The Labute approximate surface area is 152 Å². The molecule has 0 saturated heterocycles. The Kier molecular flexibility index (Phi) is 3.89. The molecule has 0 unspecified atom stereocenters. The second-order valence-corrected chi connectivity index (χ2v) is 6.79. The van der Waals surface area contributed by atoms with Gasteiger partial charge < -0.3 is 5.32 Å². The predicted octanol–water partition coefficient (Wildman–Crippen LogP) is 3.10. The van der Waals surface area contributed by atoms with E-state index in [4.69, 9.17) is 0 Å². The van der Waals surface area contributed by atoms with Crippen LogP contribution in [0.25, 0.3) is 15.0 Å². The number of thiazole rings is 1. The molecule has 128 valence electrons. The number of carbonyl (C=O) groups excluding carboxylic acids is 2. The first-order chi connectivity index (χ1) is 12.6. The van der Waals surface area contributed by atoms with Crippen molar-refractivity contribution in [3.05, 3.63) is 87.7 Å². The standard InChI is InChI=1S/C20H14N2O3S/c1-21-18(24)14-11-13(17(23)12-7-3-2-4-8-12)20-22(19(14)25)15-9-5-6-10-16(15)26-20/h2-11H,1H3,(H,21,24). The molecule has 1 N–H and O–H groups in total. The first-order valence-corrected chi connectivity index (χ1v) is 8.82. The Morgan fingerprint density at radius 1 is 0.962 bits per heavy atom. The molecule has 2 aromatic heterocycles. The molecule has 2 heterocycles. The van der Waals surface area contributed by atoms with Gasteiger partial charge in [0.05, 0.1) is 15.8 Å². The predicted molar refractivity (Wildman–Crippen MR) is 102 cm³/mol. The molecule has 4 rings (SSSR count). The molecule has 0 aliphatic carbocycles. The molecule has 0 aliphatic heterocycles. The summed E-state index contributed by atoms with van der Waals surface area (Å²) in [7, 11) is 1.46. The zero-order chi connectivity index (χ0) is 18.3. The van der Waals surface area contributed by atoms with E-state index in [1.54, 1.807) is 24.3 Å². The molecule has 0 bridgehead atoms. The van der Waals surface area contributed by atoms with Gasteiger partial charge in [-0.3, -0.25) is 18.8 Å². The number of nitrogens with zero attached hydrogens (tertiary/aromatic N) is 1. The molecular formula is C20H14N2O3S. The lowest BCUT2D eigenvalue weighted by Crippen LogP contribution is -2.29. The van der Waals surface area contributed by atoms with E-state index in [0.29, 0.717) is 21.5 Å². The lowest BCUT2D eigenvalue weighted by Gasteiger charge is -2.07. The summed E-state index contributed by atoms with van der Waals surface area (Å²) in [5.74, 6) is -0.735. The summed E-state index contributed by atoms with van der Waals surface area (Å²) in [6, 6.07) is 17.6. The molecular weight excluding hydrogens is 348 g/mol. The zero-order valence-corrected chi connectivity index (χ0v) is 14.7. The molecule has 2 aromatic carbocycles. The van der Waals surface area contributed by atoms with Crippen molar-refractivity contribution in [1.29, 1.82) is 0 Å². The van der Waals surface area contributed by atoms with Crippen LogP contribution in [-0.4, -0.2) is 23.1 Å². The molecule has 0 fully saturated rings. The van der Waals surface area contributed by atoms with Crippen LogP contribution < -0.4 is 10.9 Å². The third-order valence-electron chi connectivity index (χ3n) is 4.22. The maximum absolute atomic E-state index is 13.1. The van der Waals surface area contributed by atoms with Crippen LogP contribution in [0.2, 0.25) is 0 Å². The van der Waals surface area contributed by atoms with Gasteiger partial charge in [0.1, 0.15) is 10.4 Å². The molecule has 0 radical (unpaired) electrons. The minimum Gasteiger partial charge on any atom is -0.355 e. The smallest absolute Gasteiger partial charge is 0.269 e. The van der Waals surface area contributed by atoms with E-state index in [9.17, 15) is 14.4 Å². The maximum Gasteiger partial charge on any atom is 0.269 e. The lowest BCUT2D eigenvalue weighted by molar-refractivity contribution is 0.0961. The van der Waals surface area contributed by atoms with Gasteiger partial charge in [0.2, 0.25) is 0 Å². The number of rotatable bonds is 3. The van der Waals surface area contributed by atoms with Gasteiger partial charge in [-0.25, -0.2) is 0 Å². The van der Waals surface area contributed by atoms with Crippen LogP contribution in [0.5, 0.6) is 0 Å². The van der Waals surface area contributed by atoms with Gasteiger partial charge in [-0.1, -0.05) is 42.5 Å². The molecule has 5 nitrogen and oxygen atoms in total. The van der Waals surface area contributed by atoms with Crippen LogP contribution in [0.3, 0.4) is 0 Å². The van der Waals surface area contributed by atoms with Crippen molar-refractivity contribution in [3.63, 3.8) is 0 Å². The normalized spacial score (nSPS) is 11.0. The van der Waals surface area contributed by atoms with Gasteiger partial charge in [0.15, 0.2) is 5.78 Å². The van der Waals surface area contributed by atoms with Crippen LogP contribution in [0.15, 0.2) is 65.5 Å². The van der Waals surface area contributed by atoms with E-state index in [-0.39, 0.29) is 11.3 Å². The van der Waals surface area contributed by atoms with Crippen LogP contribution in [0.4, 0.5) is 0 Å². The monoisotopic (exact) mass is 362 g/mol. The highest BCUT2D eigenvalue weighted by molar-refractivity contribution is 7.24. The number of pyridine rings is 1. The Hall–Kier alpha value is -3.25. The largest absolute Gasteiger partial charge is 0.355 e. The number of carbonyl (C=O) groups is 2. The van der Waals surface area contributed by atoms with Crippen LogP contribution in [0, 0.1) is 0 Å². The summed E-state index contributed by atoms with van der Waals surface area (Å²) >= 11 is 1.36. The molecule has 0 aliphatic rings. The molecule has 0 saturated carbocycles. The topological polar surface area (TPSA) is 67.7 Å². The highest BCUT2D eigenvalue weighted by Gasteiger charge is 2.22. The summed E-state index contributed by atoms with van der Waals surface area (Å²) < 4.78 is 2.33. The number of para-hydroxylation sites is 1. The molecule has 0 spiro atoms. The van der Waals surface area contributed by atoms with E-state index < -0.39 is 11.5 Å². The molecule has 4 aromatic rings. The van der Waals surface area contributed by atoms with E-state index in [1.165, 1.54) is 28.9 Å². The average Bonchev–Trinajstić information content (AvgIpc) is 3.08. The summed E-state index contributed by atoms with van der Waals surface area (Å²) in [5, 5.41) is 2.47. The quantitative estimate of drug-likeness (QED) is 0.570. The Morgan fingerprint density at radius 2 is 1.65 bits per heavy atom. The van der Waals surface area contributed by atoms with Crippen molar-refractivity contribution in [2.45, 2.75) is 0 Å². The van der Waals surface area contributed by atoms with E-state index in [1.807, 2.05) is 30.3 Å². The number of aromatic nitrogens is 1. The van der Waals surface area contributed by atoms with Crippen LogP contribution >= 0.6 is 11.3 Å². The first-order valence-electron chi connectivity index (χ1n) is 8.01. The van der Waals surface area contributed by atoms with Gasteiger partial charge in [0.25, 0.3) is 11.5 Å². The minimum atomic E-state index is -0.512. The number of hydrogen-bond acceptors (Lipinski definition) is 4. The first kappa shape index (κ1) is 16.2. The molecule has 0 atom stereocenters. The molecule has 6 heteroatoms. The number of amides is 1. The molecule has 1 amide bonds. The Bertz CT molecular complexity index is 1220. The van der Waals surface area contributed by atoms with Crippen molar-refractivity contribution in [2.24, 2.45) is 0 Å². The fraction of sp³-hybridized carbons (Fsp3) is 0.0500. The third-order valence-corrected chi connectivity index (χ3v) is 5.38. The summed E-state index contributed by atoms with van der Waals surface area (Å²) in [6.45, 7) is 0. The van der Waals surface area contributed by atoms with Crippen molar-refractivity contribution < 1.29 is 9.59 Å². The van der Waals surface area contributed by atoms with E-state index in [2.05, 4.69) is 5.32 Å². The van der Waals surface area contributed by atoms with Crippen molar-refractivity contribution in [3.8, 4) is 0 Å². The van der Waals surface area contributed by atoms with Gasteiger partial charge in [-0.2, -0.15) is 0 Å².